The van der Waals surface area contributed by atoms with E-state index in [1.54, 1.807) is 52.0 Å². The summed E-state index contributed by atoms with van der Waals surface area (Å²) in [7, 11) is 1.49. The van der Waals surface area contributed by atoms with E-state index >= 15 is 0 Å². The number of methoxy groups -OCH3 is 1. The number of hydrogen-bond acceptors (Lipinski definition) is 6. The van der Waals surface area contributed by atoms with Crippen molar-refractivity contribution in [3.63, 3.8) is 0 Å². The van der Waals surface area contributed by atoms with E-state index in [0.717, 1.165) is 0 Å². The highest BCUT2D eigenvalue weighted by atomic mass is 16.6. The molecule has 2 unspecified atom stereocenters. The molecule has 1 amide bonds. The van der Waals surface area contributed by atoms with E-state index in [1.807, 2.05) is 0 Å². The predicted octanol–water partition coefficient (Wildman–Crippen LogP) is 3.50. The molecule has 1 aromatic rings. The average molecular weight is 364 g/mol. The standard InChI is InChI=1S/C17H24N4O5/c1-6-25-15(22)14(20-21-18)13(19-16(23)26-17(2,3)4)11-8-7-9-12(10-11)24-5/h7-10,13-14H,6H2,1-5H3,(H,19,23). The van der Waals surface area contributed by atoms with Crippen molar-refractivity contribution in [2.75, 3.05) is 13.7 Å². The minimum absolute atomic E-state index is 0.105. The molecule has 142 valence electrons. The number of ether oxygens (including phenoxy) is 3. The smallest absolute Gasteiger partial charge is 0.408 e. The van der Waals surface area contributed by atoms with Gasteiger partial charge in [-0.2, -0.15) is 0 Å². The minimum atomic E-state index is -1.31. The van der Waals surface area contributed by atoms with Crippen molar-refractivity contribution < 1.29 is 23.8 Å². The van der Waals surface area contributed by atoms with Gasteiger partial charge >= 0.3 is 12.1 Å². The molecule has 0 bridgehead atoms. The van der Waals surface area contributed by atoms with Crippen molar-refractivity contribution in [3.8, 4) is 5.75 Å². The van der Waals surface area contributed by atoms with Crippen molar-refractivity contribution in [1.82, 2.24) is 5.32 Å². The number of amides is 1. The molecule has 2 atom stereocenters. The molecule has 9 heteroatoms. The largest absolute Gasteiger partial charge is 0.497 e. The van der Waals surface area contributed by atoms with Gasteiger partial charge in [0, 0.05) is 4.91 Å². The van der Waals surface area contributed by atoms with Crippen LogP contribution in [0.25, 0.3) is 10.4 Å². The van der Waals surface area contributed by atoms with E-state index < -0.39 is 29.7 Å². The number of azide groups is 1. The molecule has 0 saturated heterocycles. The highest BCUT2D eigenvalue weighted by Crippen LogP contribution is 2.25. The molecule has 0 heterocycles. The summed E-state index contributed by atoms with van der Waals surface area (Å²) in [4.78, 5) is 27.2. The third-order valence-corrected chi connectivity index (χ3v) is 3.15. The van der Waals surface area contributed by atoms with Crippen molar-refractivity contribution in [2.24, 2.45) is 5.11 Å². The van der Waals surface area contributed by atoms with Gasteiger partial charge in [-0.1, -0.05) is 17.2 Å². The number of nitrogens with one attached hydrogen (secondary N) is 1. The van der Waals surface area contributed by atoms with Gasteiger partial charge in [-0.3, -0.25) is 4.79 Å². The summed E-state index contributed by atoms with van der Waals surface area (Å²) in [6.07, 6.45) is -0.757. The lowest BCUT2D eigenvalue weighted by Gasteiger charge is -2.26. The molecule has 0 aliphatic heterocycles. The Labute approximate surface area is 152 Å². The van der Waals surface area contributed by atoms with Crippen LogP contribution in [0.4, 0.5) is 4.79 Å². The molecule has 1 rings (SSSR count). The van der Waals surface area contributed by atoms with Gasteiger partial charge in [0.25, 0.3) is 0 Å². The van der Waals surface area contributed by atoms with Crippen LogP contribution in [0, 0.1) is 0 Å². The van der Waals surface area contributed by atoms with E-state index in [9.17, 15) is 9.59 Å². The van der Waals surface area contributed by atoms with E-state index in [2.05, 4.69) is 15.3 Å². The Morgan fingerprint density at radius 3 is 2.58 bits per heavy atom. The van der Waals surface area contributed by atoms with Gasteiger partial charge in [-0.05, 0) is 50.9 Å². The zero-order valence-electron chi connectivity index (χ0n) is 15.6. The van der Waals surface area contributed by atoms with Crippen molar-refractivity contribution in [1.29, 1.82) is 0 Å². The van der Waals surface area contributed by atoms with Gasteiger partial charge in [-0.25, -0.2) is 4.79 Å². The maximum absolute atomic E-state index is 12.3. The maximum Gasteiger partial charge on any atom is 0.408 e. The van der Waals surface area contributed by atoms with Crippen LogP contribution in [0.2, 0.25) is 0 Å². The van der Waals surface area contributed by atoms with E-state index in [-0.39, 0.29) is 6.61 Å². The topological polar surface area (TPSA) is 123 Å². The number of carbonyl (C=O) groups is 2. The second-order valence-electron chi connectivity index (χ2n) is 6.30. The number of rotatable bonds is 7. The Morgan fingerprint density at radius 2 is 2.04 bits per heavy atom. The van der Waals surface area contributed by atoms with Crippen molar-refractivity contribution in [3.05, 3.63) is 40.3 Å². The lowest BCUT2D eigenvalue weighted by molar-refractivity contribution is -0.145. The molecular weight excluding hydrogens is 340 g/mol. The molecule has 1 N–H and O–H groups in total. The number of nitrogens with zero attached hydrogens (tertiary/aromatic N) is 3. The summed E-state index contributed by atoms with van der Waals surface area (Å²) >= 11 is 0. The van der Waals surface area contributed by atoms with Gasteiger partial charge in [0.05, 0.1) is 19.8 Å². The van der Waals surface area contributed by atoms with Crippen LogP contribution in [0.3, 0.4) is 0 Å². The Bertz CT molecular complexity index is 680. The van der Waals surface area contributed by atoms with Crippen LogP contribution in [-0.4, -0.2) is 37.4 Å². The first-order chi connectivity index (χ1) is 12.2. The summed E-state index contributed by atoms with van der Waals surface area (Å²) < 4.78 is 15.4. The number of benzene rings is 1. The average Bonchev–Trinajstić information content (AvgIpc) is 2.56. The lowest BCUT2D eigenvalue weighted by Crippen LogP contribution is -2.42. The number of alkyl carbamates (subject to hydrolysis) is 1. The van der Waals surface area contributed by atoms with E-state index in [4.69, 9.17) is 19.7 Å². The Morgan fingerprint density at radius 1 is 1.35 bits per heavy atom. The first-order valence-corrected chi connectivity index (χ1v) is 8.06. The van der Waals surface area contributed by atoms with Crippen molar-refractivity contribution in [2.45, 2.75) is 45.4 Å². The molecule has 0 radical (unpaired) electrons. The number of esters is 1. The van der Waals surface area contributed by atoms with Gasteiger partial charge in [0.15, 0.2) is 6.04 Å². The van der Waals surface area contributed by atoms with Gasteiger partial charge < -0.3 is 19.5 Å². The van der Waals surface area contributed by atoms with Crippen LogP contribution >= 0.6 is 0 Å². The molecule has 0 saturated carbocycles. The van der Waals surface area contributed by atoms with Gasteiger partial charge in [0.1, 0.15) is 11.4 Å². The molecule has 26 heavy (non-hydrogen) atoms. The Hall–Kier alpha value is -2.93. The van der Waals surface area contributed by atoms with Crippen molar-refractivity contribution >= 4 is 12.1 Å². The maximum atomic E-state index is 12.3. The summed E-state index contributed by atoms with van der Waals surface area (Å²) in [5.74, 6) is -0.240. The zero-order valence-corrected chi connectivity index (χ0v) is 15.6. The molecule has 1 aromatic carbocycles. The fourth-order valence-electron chi connectivity index (χ4n) is 2.15. The monoisotopic (exact) mass is 364 g/mol. The first-order valence-electron chi connectivity index (χ1n) is 8.06. The molecule has 0 fully saturated rings. The Kier molecular flexibility index (Phi) is 7.74. The highest BCUT2D eigenvalue weighted by molar-refractivity contribution is 5.79. The van der Waals surface area contributed by atoms with Crippen LogP contribution in [0.5, 0.6) is 5.75 Å². The fraction of sp³-hybridized carbons (Fsp3) is 0.529. The van der Waals surface area contributed by atoms with E-state index in [0.29, 0.717) is 11.3 Å². The van der Waals surface area contributed by atoms with Crippen LogP contribution in [0.15, 0.2) is 29.4 Å². The molecule has 0 spiro atoms. The quantitative estimate of drug-likeness (QED) is 0.343. The summed E-state index contributed by atoms with van der Waals surface area (Å²) in [6.45, 7) is 6.87. The van der Waals surface area contributed by atoms with Gasteiger partial charge in [-0.15, -0.1) is 0 Å². The minimum Gasteiger partial charge on any atom is -0.497 e. The fourth-order valence-corrected chi connectivity index (χ4v) is 2.15. The lowest BCUT2D eigenvalue weighted by atomic mass is 9.99. The molecule has 0 aliphatic carbocycles. The first kappa shape index (κ1) is 21.1. The second-order valence-corrected chi connectivity index (χ2v) is 6.30. The number of hydrogen-bond donors (Lipinski definition) is 1. The summed E-state index contributed by atoms with van der Waals surface area (Å²) in [5, 5.41) is 6.10. The van der Waals surface area contributed by atoms with Gasteiger partial charge in [0.2, 0.25) is 0 Å². The Balaban J connectivity index is 3.27. The highest BCUT2D eigenvalue weighted by Gasteiger charge is 2.33. The predicted molar refractivity (Wildman–Crippen MR) is 94.7 cm³/mol. The summed E-state index contributed by atoms with van der Waals surface area (Å²) in [5.41, 5.74) is 8.62. The molecular formula is C17H24N4O5. The molecule has 0 aliphatic rings. The molecule has 9 nitrogen and oxygen atoms in total. The molecule has 0 aromatic heterocycles. The normalized spacial score (nSPS) is 13.0. The third-order valence-electron chi connectivity index (χ3n) is 3.15. The number of carbonyl (C=O) groups excluding carboxylic acids is 2. The third kappa shape index (κ3) is 6.52. The van der Waals surface area contributed by atoms with Crippen LogP contribution in [-0.2, 0) is 14.3 Å². The SMILES string of the molecule is CCOC(=O)C(N=[N+]=[N-])C(NC(=O)OC(C)(C)C)c1cccc(OC)c1. The zero-order chi connectivity index (χ0) is 19.7. The van der Waals surface area contributed by atoms with Crippen LogP contribution in [0.1, 0.15) is 39.3 Å². The van der Waals surface area contributed by atoms with Crippen LogP contribution < -0.4 is 10.1 Å². The van der Waals surface area contributed by atoms with E-state index in [1.165, 1.54) is 7.11 Å². The summed E-state index contributed by atoms with van der Waals surface area (Å²) in [6, 6.07) is 4.40. The second kappa shape index (κ2) is 9.53.